The summed E-state index contributed by atoms with van der Waals surface area (Å²) < 4.78 is 46.7. The summed E-state index contributed by atoms with van der Waals surface area (Å²) in [5.41, 5.74) is 0.572. The Kier molecular flexibility index (Phi) is 6.62. The lowest BCUT2D eigenvalue weighted by atomic mass is 10.2. The van der Waals surface area contributed by atoms with E-state index in [4.69, 9.17) is 4.74 Å². The van der Waals surface area contributed by atoms with Crippen molar-refractivity contribution in [3.05, 3.63) is 58.3 Å². The molecule has 0 bridgehead atoms. The van der Waals surface area contributed by atoms with Crippen molar-refractivity contribution in [1.29, 1.82) is 0 Å². The van der Waals surface area contributed by atoms with Gasteiger partial charge in [0.2, 0.25) is 0 Å². The molecule has 1 aliphatic heterocycles. The molecule has 0 radical (unpaired) electrons. The van der Waals surface area contributed by atoms with Crippen molar-refractivity contribution in [3.8, 4) is 5.75 Å². The lowest BCUT2D eigenvalue weighted by Gasteiger charge is -2.36. The first kappa shape index (κ1) is 20.0. The van der Waals surface area contributed by atoms with Crippen LogP contribution in [0.4, 0.5) is 18.9 Å². The molecule has 0 aromatic heterocycles. The maximum absolute atomic E-state index is 13.9. The molecule has 27 heavy (non-hydrogen) atoms. The number of aliphatic hydroxyl groups excluding tert-OH is 1. The number of anilines is 1. The molecule has 0 spiro atoms. The van der Waals surface area contributed by atoms with Crippen LogP contribution in [0.2, 0.25) is 0 Å². The topological polar surface area (TPSA) is 35.9 Å². The van der Waals surface area contributed by atoms with Crippen LogP contribution >= 0.6 is 15.9 Å². The van der Waals surface area contributed by atoms with E-state index in [1.165, 1.54) is 6.07 Å². The Morgan fingerprint density at radius 2 is 1.63 bits per heavy atom. The van der Waals surface area contributed by atoms with Crippen molar-refractivity contribution in [2.75, 3.05) is 44.2 Å². The highest BCUT2D eigenvalue weighted by Gasteiger charge is 2.22. The quantitative estimate of drug-likeness (QED) is 0.740. The number of benzene rings is 2. The molecule has 2 aromatic carbocycles. The van der Waals surface area contributed by atoms with E-state index < -0.39 is 23.5 Å². The van der Waals surface area contributed by atoms with Crippen molar-refractivity contribution < 1.29 is 23.0 Å². The Morgan fingerprint density at radius 1 is 1.00 bits per heavy atom. The number of ether oxygens (including phenoxy) is 1. The highest BCUT2D eigenvalue weighted by atomic mass is 79.9. The summed E-state index contributed by atoms with van der Waals surface area (Å²) in [6.07, 6.45) is -0.896. The number of β-amino-alcohol motifs (C(OH)–C–C–N with tert-alkyl or cyclic N) is 1. The molecule has 4 nitrogen and oxygen atoms in total. The van der Waals surface area contributed by atoms with Gasteiger partial charge >= 0.3 is 0 Å². The number of hydrogen-bond donors (Lipinski definition) is 1. The van der Waals surface area contributed by atoms with Gasteiger partial charge in [0.15, 0.2) is 17.4 Å². The minimum atomic E-state index is -0.896. The lowest BCUT2D eigenvalue weighted by molar-refractivity contribution is 0.0634. The van der Waals surface area contributed by atoms with Crippen LogP contribution in [0.15, 0.2) is 40.9 Å². The van der Waals surface area contributed by atoms with E-state index in [2.05, 4.69) is 15.9 Å². The van der Waals surface area contributed by atoms with Gasteiger partial charge in [0.25, 0.3) is 0 Å². The summed E-state index contributed by atoms with van der Waals surface area (Å²) in [5, 5.41) is 10.1. The molecule has 2 aromatic rings. The number of aliphatic hydroxyl groups is 1. The Labute approximate surface area is 164 Å². The zero-order chi connectivity index (χ0) is 19.4. The van der Waals surface area contributed by atoms with Crippen molar-refractivity contribution in [3.63, 3.8) is 0 Å². The van der Waals surface area contributed by atoms with Crippen molar-refractivity contribution in [2.24, 2.45) is 0 Å². The van der Waals surface area contributed by atoms with Crippen LogP contribution in [0, 0.1) is 17.5 Å². The monoisotopic (exact) mass is 444 g/mol. The van der Waals surface area contributed by atoms with Gasteiger partial charge in [-0.05, 0) is 24.3 Å². The van der Waals surface area contributed by atoms with E-state index in [9.17, 15) is 18.3 Å². The van der Waals surface area contributed by atoms with Crippen LogP contribution < -0.4 is 9.64 Å². The first-order valence-corrected chi connectivity index (χ1v) is 9.40. The molecular weight excluding hydrogens is 425 g/mol. The van der Waals surface area contributed by atoms with Gasteiger partial charge in [-0.25, -0.2) is 13.2 Å². The molecule has 1 N–H and O–H groups in total. The number of hydrogen-bond acceptors (Lipinski definition) is 4. The molecule has 1 atom stereocenters. The van der Waals surface area contributed by atoms with Gasteiger partial charge in [-0.2, -0.15) is 0 Å². The molecule has 146 valence electrons. The minimum absolute atomic E-state index is 0.219. The second-order valence-corrected chi connectivity index (χ2v) is 7.32. The van der Waals surface area contributed by atoms with E-state index in [1.54, 1.807) is 18.2 Å². The van der Waals surface area contributed by atoms with Gasteiger partial charge in [0.05, 0.1) is 5.69 Å². The predicted molar refractivity (Wildman–Crippen MR) is 101 cm³/mol. The van der Waals surface area contributed by atoms with Crippen LogP contribution in [0.5, 0.6) is 5.75 Å². The minimum Gasteiger partial charge on any atom is -0.485 e. The summed E-state index contributed by atoms with van der Waals surface area (Å²) >= 11 is 3.00. The van der Waals surface area contributed by atoms with Gasteiger partial charge in [-0.15, -0.1) is 0 Å². The average molecular weight is 445 g/mol. The van der Waals surface area contributed by atoms with Crippen LogP contribution in [-0.4, -0.2) is 55.4 Å². The Bertz CT molecular complexity index is 762. The third-order valence-corrected chi connectivity index (χ3v) is 4.88. The third-order valence-electron chi connectivity index (χ3n) is 4.42. The number of piperazine rings is 1. The Hall–Kier alpha value is -1.77. The normalized spacial score (nSPS) is 16.4. The number of nitrogens with zero attached hydrogens (tertiary/aromatic N) is 2. The van der Waals surface area contributed by atoms with Gasteiger partial charge in [-0.1, -0.05) is 28.1 Å². The molecule has 3 rings (SSSR count). The standard InChI is InChI=1S/C19H20BrF3N2O2/c20-13-9-16(22)19(17(23)10-13)27-12-14(26)11-24-5-7-25(8-6-24)18-4-2-1-3-15(18)21/h1-4,9-10,14,26H,5-8,11-12H2/t14-/m1/s1. The molecule has 1 heterocycles. The van der Waals surface area contributed by atoms with Gasteiger partial charge in [-0.3, -0.25) is 4.90 Å². The largest absolute Gasteiger partial charge is 0.485 e. The first-order chi connectivity index (χ1) is 12.9. The molecule has 8 heteroatoms. The number of para-hydroxylation sites is 1. The van der Waals surface area contributed by atoms with E-state index in [-0.39, 0.29) is 16.9 Å². The molecule has 0 saturated carbocycles. The first-order valence-electron chi connectivity index (χ1n) is 8.61. The van der Waals surface area contributed by atoms with Crippen LogP contribution in [0.25, 0.3) is 0 Å². The second-order valence-electron chi connectivity index (χ2n) is 6.40. The van der Waals surface area contributed by atoms with Crippen LogP contribution in [0.3, 0.4) is 0 Å². The summed E-state index contributed by atoms with van der Waals surface area (Å²) in [4.78, 5) is 3.97. The second kappa shape index (κ2) is 8.95. The highest BCUT2D eigenvalue weighted by molar-refractivity contribution is 9.10. The summed E-state index contributed by atoms with van der Waals surface area (Å²) in [5.74, 6) is -2.40. The molecule has 1 aliphatic rings. The van der Waals surface area contributed by atoms with Crippen LogP contribution in [0.1, 0.15) is 0 Å². The Balaban J connectivity index is 1.47. The highest BCUT2D eigenvalue weighted by Crippen LogP contribution is 2.26. The third kappa shape index (κ3) is 5.15. The van der Waals surface area contributed by atoms with Crippen molar-refractivity contribution in [2.45, 2.75) is 6.10 Å². The van der Waals surface area contributed by atoms with Gasteiger partial charge < -0.3 is 14.7 Å². The average Bonchev–Trinajstić information content (AvgIpc) is 2.62. The summed E-state index contributed by atoms with van der Waals surface area (Å²) in [7, 11) is 0. The fourth-order valence-corrected chi connectivity index (χ4v) is 3.48. The van der Waals surface area contributed by atoms with Crippen LogP contribution in [-0.2, 0) is 0 Å². The van der Waals surface area contributed by atoms with E-state index in [1.807, 2.05) is 9.80 Å². The van der Waals surface area contributed by atoms with Gasteiger partial charge in [0, 0.05) is 37.2 Å². The zero-order valence-corrected chi connectivity index (χ0v) is 16.1. The van der Waals surface area contributed by atoms with E-state index in [0.717, 1.165) is 12.1 Å². The molecule has 1 saturated heterocycles. The maximum atomic E-state index is 13.9. The predicted octanol–water partition coefficient (Wildman–Crippen LogP) is 3.43. The summed E-state index contributed by atoms with van der Waals surface area (Å²) in [6, 6.07) is 8.84. The Morgan fingerprint density at radius 3 is 2.26 bits per heavy atom. The molecule has 0 amide bonds. The maximum Gasteiger partial charge on any atom is 0.190 e. The zero-order valence-electron chi connectivity index (χ0n) is 14.5. The molecule has 0 unspecified atom stereocenters. The molecular formula is C19H20BrF3N2O2. The lowest BCUT2D eigenvalue weighted by Crippen LogP contribution is -2.49. The fourth-order valence-electron chi connectivity index (χ4n) is 3.08. The fraction of sp³-hybridized carbons (Fsp3) is 0.368. The van der Waals surface area contributed by atoms with Crippen molar-refractivity contribution >= 4 is 21.6 Å². The van der Waals surface area contributed by atoms with Gasteiger partial charge in [0.1, 0.15) is 18.5 Å². The van der Waals surface area contributed by atoms with E-state index >= 15 is 0 Å². The number of halogens is 4. The summed E-state index contributed by atoms with van der Waals surface area (Å²) in [6.45, 7) is 2.64. The smallest absolute Gasteiger partial charge is 0.190 e. The molecule has 1 fully saturated rings. The van der Waals surface area contributed by atoms with Crippen molar-refractivity contribution in [1.82, 2.24) is 4.90 Å². The SMILES string of the molecule is O[C@@H](COc1c(F)cc(Br)cc1F)CN1CCN(c2ccccc2F)CC1. The number of rotatable bonds is 6. The van der Waals surface area contributed by atoms with E-state index in [0.29, 0.717) is 38.4 Å². The molecule has 0 aliphatic carbocycles.